The van der Waals surface area contributed by atoms with E-state index >= 15 is 0 Å². The van der Waals surface area contributed by atoms with Gasteiger partial charge in [-0.1, -0.05) is 130 Å². The van der Waals surface area contributed by atoms with Crippen molar-refractivity contribution in [2.24, 2.45) is 0 Å². The minimum absolute atomic E-state index is 0.0502. The number of fused-ring (bicyclic) bond motifs is 15. The van der Waals surface area contributed by atoms with Crippen molar-refractivity contribution in [2.75, 3.05) is 0 Å². The molecule has 0 atom stereocenters. The largest absolute Gasteiger partial charge is 0.456 e. The summed E-state index contributed by atoms with van der Waals surface area (Å²) in [6.45, 7) is 6.83. The molecular weight excluding hydrogens is 915 g/mol. The number of rotatable bonds is 5. The molecule has 0 unspecified atom stereocenters. The summed E-state index contributed by atoms with van der Waals surface area (Å²) in [6.07, 6.45) is 0. The predicted molar refractivity (Wildman–Crippen MR) is 314 cm³/mol. The van der Waals surface area contributed by atoms with Crippen molar-refractivity contribution in [3.63, 3.8) is 0 Å². The number of aromatic nitrogens is 3. The van der Waals surface area contributed by atoms with Crippen LogP contribution in [0.2, 0.25) is 0 Å². The van der Waals surface area contributed by atoms with E-state index in [9.17, 15) is 0 Å². The molecule has 0 saturated carbocycles. The second kappa shape index (κ2) is 15.5. The first-order valence-electron chi connectivity index (χ1n) is 25.9. The monoisotopic (exact) mass is 961 g/mol. The summed E-state index contributed by atoms with van der Waals surface area (Å²) in [7, 11) is 0. The summed E-state index contributed by atoms with van der Waals surface area (Å²) in [6, 6.07) is 84.5. The molecule has 0 saturated heterocycles. The molecule has 5 heterocycles. The zero-order chi connectivity index (χ0) is 49.7. The lowest BCUT2D eigenvalue weighted by molar-refractivity contribution is 0.590. The van der Waals surface area contributed by atoms with Gasteiger partial charge in [0.2, 0.25) is 0 Å². The van der Waals surface area contributed by atoms with Gasteiger partial charge in [0.25, 0.3) is 0 Å². The van der Waals surface area contributed by atoms with E-state index in [1.54, 1.807) is 0 Å². The molecule has 354 valence electrons. The van der Waals surface area contributed by atoms with Gasteiger partial charge >= 0.3 is 0 Å². The Morgan fingerprint density at radius 2 is 0.573 bits per heavy atom. The molecule has 11 aromatic carbocycles. The van der Waals surface area contributed by atoms with Crippen LogP contribution >= 0.6 is 0 Å². The van der Waals surface area contributed by atoms with Gasteiger partial charge < -0.3 is 22.5 Å². The highest BCUT2D eigenvalue weighted by Crippen LogP contribution is 2.43. The third-order valence-electron chi connectivity index (χ3n) is 16.0. The van der Waals surface area contributed by atoms with Crippen LogP contribution in [-0.2, 0) is 5.41 Å². The van der Waals surface area contributed by atoms with Gasteiger partial charge in [-0.2, -0.15) is 0 Å². The van der Waals surface area contributed by atoms with E-state index in [1.165, 1.54) is 93.2 Å². The molecule has 0 amide bonds. The Bertz CT molecular complexity index is 4760. The summed E-state index contributed by atoms with van der Waals surface area (Å²) >= 11 is 0. The molecular formula is C70H47N3O2. The Kier molecular flexibility index (Phi) is 8.66. The van der Waals surface area contributed by atoms with Crippen LogP contribution in [0, 0.1) is 0 Å². The van der Waals surface area contributed by atoms with E-state index in [0.29, 0.717) is 0 Å². The average molecular weight is 962 g/mol. The minimum Gasteiger partial charge on any atom is -0.456 e. The molecule has 0 radical (unpaired) electrons. The Morgan fingerprint density at radius 1 is 0.253 bits per heavy atom. The van der Waals surface area contributed by atoms with Gasteiger partial charge in [0, 0.05) is 70.9 Å². The Morgan fingerprint density at radius 3 is 0.987 bits per heavy atom. The lowest BCUT2D eigenvalue weighted by atomic mass is 9.87. The van der Waals surface area contributed by atoms with Crippen molar-refractivity contribution >= 4 is 109 Å². The van der Waals surface area contributed by atoms with Crippen molar-refractivity contribution in [1.82, 2.24) is 13.7 Å². The number of furan rings is 2. The second-order valence-corrected chi connectivity index (χ2v) is 21.3. The van der Waals surface area contributed by atoms with Crippen molar-refractivity contribution in [3.8, 4) is 39.3 Å². The van der Waals surface area contributed by atoms with Gasteiger partial charge in [-0.3, -0.25) is 0 Å². The number of nitrogens with zero attached hydrogens (tertiary/aromatic N) is 3. The van der Waals surface area contributed by atoms with Crippen LogP contribution < -0.4 is 0 Å². The van der Waals surface area contributed by atoms with Gasteiger partial charge in [-0.15, -0.1) is 0 Å². The summed E-state index contributed by atoms with van der Waals surface area (Å²) in [5.41, 5.74) is 20.1. The highest BCUT2D eigenvalue weighted by atomic mass is 16.3. The lowest BCUT2D eigenvalue weighted by Gasteiger charge is -2.19. The molecule has 5 aromatic heterocycles. The third kappa shape index (κ3) is 6.25. The van der Waals surface area contributed by atoms with Crippen molar-refractivity contribution < 1.29 is 8.83 Å². The first kappa shape index (κ1) is 42.0. The minimum atomic E-state index is 0.0502. The fourth-order valence-corrected chi connectivity index (χ4v) is 12.3. The molecule has 0 fully saturated rings. The maximum absolute atomic E-state index is 6.24. The summed E-state index contributed by atoms with van der Waals surface area (Å²) in [4.78, 5) is 0. The Labute approximate surface area is 431 Å². The molecule has 0 aliphatic heterocycles. The number of hydrogen-bond acceptors (Lipinski definition) is 2. The fourth-order valence-electron chi connectivity index (χ4n) is 12.3. The quantitative estimate of drug-likeness (QED) is 0.172. The van der Waals surface area contributed by atoms with Crippen LogP contribution in [0.1, 0.15) is 26.3 Å². The molecule has 5 heteroatoms. The van der Waals surface area contributed by atoms with Gasteiger partial charge in [0.1, 0.15) is 22.3 Å². The van der Waals surface area contributed by atoms with Gasteiger partial charge in [-0.05, 0) is 155 Å². The molecule has 16 rings (SSSR count). The standard InChI is InChI=1S/C70H47N3O2/c1-70(2,3)46-24-26-47(27-25-46)71-64-32-22-44(42-20-30-62-54(36-42)50-12-4-8-16-60(50)72(62)48-28-34-68-58(40-48)52-14-6-10-18-66(52)74-68)38-56(64)57-39-45(23-33-65(57)71)43-21-31-63-55(37-43)51-13-5-9-17-61(51)73(63)49-29-35-69-59(41-49)53-15-7-11-19-67(53)75-69/h4-41H,1-3H3. The molecule has 0 bridgehead atoms. The van der Waals surface area contributed by atoms with E-state index in [-0.39, 0.29) is 5.41 Å². The maximum Gasteiger partial charge on any atom is 0.135 e. The predicted octanol–water partition coefficient (Wildman–Crippen LogP) is 19.4. The first-order valence-corrected chi connectivity index (χ1v) is 25.9. The van der Waals surface area contributed by atoms with E-state index in [2.05, 4.69) is 241 Å². The van der Waals surface area contributed by atoms with Crippen LogP contribution in [-0.4, -0.2) is 13.7 Å². The zero-order valence-electron chi connectivity index (χ0n) is 41.6. The van der Waals surface area contributed by atoms with Gasteiger partial charge in [0.15, 0.2) is 0 Å². The molecule has 0 aliphatic carbocycles. The van der Waals surface area contributed by atoms with Crippen LogP contribution in [0.15, 0.2) is 239 Å². The normalized spacial score (nSPS) is 12.5. The van der Waals surface area contributed by atoms with Gasteiger partial charge in [-0.25, -0.2) is 0 Å². The third-order valence-corrected chi connectivity index (χ3v) is 16.0. The maximum atomic E-state index is 6.24. The Balaban J connectivity index is 0.857. The summed E-state index contributed by atoms with van der Waals surface area (Å²) in [5.74, 6) is 0. The van der Waals surface area contributed by atoms with E-state index in [4.69, 9.17) is 8.83 Å². The van der Waals surface area contributed by atoms with E-state index in [1.807, 2.05) is 24.3 Å². The topological polar surface area (TPSA) is 41.1 Å². The number of para-hydroxylation sites is 4. The molecule has 5 nitrogen and oxygen atoms in total. The van der Waals surface area contributed by atoms with Crippen molar-refractivity contribution in [1.29, 1.82) is 0 Å². The number of benzene rings is 11. The molecule has 0 spiro atoms. The molecule has 75 heavy (non-hydrogen) atoms. The molecule has 0 N–H and O–H groups in total. The van der Waals surface area contributed by atoms with Crippen LogP contribution in [0.4, 0.5) is 0 Å². The first-order chi connectivity index (χ1) is 36.8. The van der Waals surface area contributed by atoms with E-state index < -0.39 is 0 Å². The fraction of sp³-hybridized carbons (Fsp3) is 0.0571. The highest BCUT2D eigenvalue weighted by Gasteiger charge is 2.21. The molecule has 0 aliphatic rings. The molecule has 16 aromatic rings. The zero-order valence-corrected chi connectivity index (χ0v) is 41.6. The van der Waals surface area contributed by atoms with Crippen LogP contribution in [0.3, 0.4) is 0 Å². The highest BCUT2D eigenvalue weighted by molar-refractivity contribution is 6.16. The summed E-state index contributed by atoms with van der Waals surface area (Å²) in [5, 5.41) is 11.8. The second-order valence-electron chi connectivity index (χ2n) is 21.3. The smallest absolute Gasteiger partial charge is 0.135 e. The van der Waals surface area contributed by atoms with Crippen molar-refractivity contribution in [2.45, 2.75) is 26.2 Å². The van der Waals surface area contributed by atoms with Crippen molar-refractivity contribution in [3.05, 3.63) is 236 Å². The van der Waals surface area contributed by atoms with Gasteiger partial charge in [0.05, 0.1) is 33.1 Å². The van der Waals surface area contributed by atoms with E-state index in [0.717, 1.165) is 60.9 Å². The summed E-state index contributed by atoms with van der Waals surface area (Å²) < 4.78 is 19.7. The van der Waals surface area contributed by atoms with Crippen LogP contribution in [0.5, 0.6) is 0 Å². The average Bonchev–Trinajstić information content (AvgIpc) is 4.29. The SMILES string of the molecule is CC(C)(C)c1ccc(-n2c3ccc(-c4ccc5c(c4)c4ccccc4n5-c4ccc5oc6ccccc6c5c4)cc3c3cc(-c4ccc5c(c4)c4ccccc4n5-c4ccc5oc6ccccc6c5c4)ccc32)cc1. The lowest BCUT2D eigenvalue weighted by Crippen LogP contribution is -2.10. The Hall–Kier alpha value is -9.58. The van der Waals surface area contributed by atoms with Crippen LogP contribution in [0.25, 0.3) is 149 Å². The number of hydrogen-bond donors (Lipinski definition) is 0.